The molecule has 2 aliphatic rings. The number of hydrogen-bond acceptors (Lipinski definition) is 4. The number of nitrogens with zero attached hydrogens (tertiary/aromatic N) is 1. The maximum Gasteiger partial charge on any atom is 0.242 e. The van der Waals surface area contributed by atoms with Gasteiger partial charge >= 0.3 is 0 Å². The molecule has 1 aliphatic carbocycles. The smallest absolute Gasteiger partial charge is 0.242 e. The molecule has 2 atom stereocenters. The SMILES string of the molecule is O=C(Nc1ccc(CC2CCCCC2)cn1)C1CCC(CO)CN1. The molecule has 0 radical (unpaired) electrons. The normalized spacial score (nSPS) is 25.4. The number of carbonyl (C=O) groups excluding carboxylic acids is 1. The lowest BCUT2D eigenvalue weighted by atomic mass is 9.85. The first-order chi connectivity index (χ1) is 11.7. The second-order valence-electron chi connectivity index (χ2n) is 7.34. The molecule has 5 nitrogen and oxygen atoms in total. The van der Waals surface area contributed by atoms with Gasteiger partial charge in [0.1, 0.15) is 5.82 Å². The lowest BCUT2D eigenvalue weighted by Crippen LogP contribution is -2.47. The summed E-state index contributed by atoms with van der Waals surface area (Å²) >= 11 is 0. The van der Waals surface area contributed by atoms with Gasteiger partial charge in [0.05, 0.1) is 6.04 Å². The molecular weight excluding hydrogens is 302 g/mol. The molecule has 1 saturated heterocycles. The van der Waals surface area contributed by atoms with E-state index in [1.807, 2.05) is 12.3 Å². The Morgan fingerprint density at radius 3 is 2.62 bits per heavy atom. The standard InChI is InChI=1S/C19H29N3O2/c23-13-16-6-8-17(20-12-16)19(24)22-18-9-7-15(11-21-18)10-14-4-2-1-3-5-14/h7,9,11,14,16-17,20,23H,1-6,8,10,12-13H2,(H,21,22,24). The van der Waals surface area contributed by atoms with E-state index < -0.39 is 0 Å². The van der Waals surface area contributed by atoms with Crippen molar-refractivity contribution >= 4 is 11.7 Å². The molecule has 1 aromatic heterocycles. The van der Waals surface area contributed by atoms with E-state index in [0.29, 0.717) is 12.4 Å². The zero-order chi connectivity index (χ0) is 16.8. The van der Waals surface area contributed by atoms with Gasteiger partial charge in [-0.05, 0) is 42.7 Å². The second-order valence-corrected chi connectivity index (χ2v) is 7.34. The first kappa shape index (κ1) is 17.4. The van der Waals surface area contributed by atoms with Crippen LogP contribution in [0.3, 0.4) is 0 Å². The Balaban J connectivity index is 1.47. The molecule has 1 amide bonds. The van der Waals surface area contributed by atoms with E-state index in [9.17, 15) is 4.79 Å². The van der Waals surface area contributed by atoms with Crippen LogP contribution in [0.25, 0.3) is 0 Å². The Kier molecular flexibility index (Phi) is 6.21. The molecule has 132 valence electrons. The van der Waals surface area contributed by atoms with E-state index in [-0.39, 0.29) is 24.5 Å². The maximum absolute atomic E-state index is 12.3. The third kappa shape index (κ3) is 4.77. The van der Waals surface area contributed by atoms with E-state index >= 15 is 0 Å². The topological polar surface area (TPSA) is 74.2 Å². The van der Waals surface area contributed by atoms with Crippen molar-refractivity contribution in [2.45, 2.75) is 57.4 Å². The van der Waals surface area contributed by atoms with Crippen molar-refractivity contribution in [2.24, 2.45) is 11.8 Å². The Morgan fingerprint density at radius 1 is 1.17 bits per heavy atom. The number of rotatable bonds is 5. The first-order valence-corrected chi connectivity index (χ1v) is 9.34. The monoisotopic (exact) mass is 331 g/mol. The van der Waals surface area contributed by atoms with Gasteiger partial charge in [0.25, 0.3) is 0 Å². The quantitative estimate of drug-likeness (QED) is 0.775. The highest BCUT2D eigenvalue weighted by Gasteiger charge is 2.25. The van der Waals surface area contributed by atoms with Gasteiger partial charge in [0.15, 0.2) is 0 Å². The molecule has 0 aromatic carbocycles. The van der Waals surface area contributed by atoms with Crippen molar-refractivity contribution in [1.82, 2.24) is 10.3 Å². The van der Waals surface area contributed by atoms with Crippen molar-refractivity contribution in [1.29, 1.82) is 0 Å². The van der Waals surface area contributed by atoms with E-state index in [4.69, 9.17) is 5.11 Å². The average Bonchev–Trinajstić information content (AvgIpc) is 2.64. The predicted octanol–water partition coefficient (Wildman–Crippen LogP) is 2.50. The molecular formula is C19H29N3O2. The van der Waals surface area contributed by atoms with Crippen LogP contribution in [-0.2, 0) is 11.2 Å². The van der Waals surface area contributed by atoms with Crippen LogP contribution in [0.5, 0.6) is 0 Å². The zero-order valence-electron chi connectivity index (χ0n) is 14.3. The summed E-state index contributed by atoms with van der Waals surface area (Å²) in [5, 5.41) is 15.3. The van der Waals surface area contributed by atoms with Crippen LogP contribution >= 0.6 is 0 Å². The van der Waals surface area contributed by atoms with E-state index in [2.05, 4.69) is 21.7 Å². The van der Waals surface area contributed by atoms with Gasteiger partial charge < -0.3 is 15.7 Å². The van der Waals surface area contributed by atoms with Crippen LogP contribution in [0, 0.1) is 11.8 Å². The number of aliphatic hydroxyl groups is 1. The minimum absolute atomic E-state index is 0.0288. The minimum Gasteiger partial charge on any atom is -0.396 e. The molecule has 1 aromatic rings. The van der Waals surface area contributed by atoms with Gasteiger partial charge in [-0.2, -0.15) is 0 Å². The van der Waals surface area contributed by atoms with Gasteiger partial charge in [0, 0.05) is 19.3 Å². The molecule has 1 aliphatic heterocycles. The van der Waals surface area contributed by atoms with E-state index in [1.165, 1.54) is 37.7 Å². The first-order valence-electron chi connectivity index (χ1n) is 9.34. The lowest BCUT2D eigenvalue weighted by Gasteiger charge is -2.27. The van der Waals surface area contributed by atoms with Gasteiger partial charge in [-0.25, -0.2) is 4.98 Å². The van der Waals surface area contributed by atoms with Gasteiger partial charge in [-0.1, -0.05) is 38.2 Å². The number of amides is 1. The molecule has 24 heavy (non-hydrogen) atoms. The number of aromatic nitrogens is 1. The summed E-state index contributed by atoms with van der Waals surface area (Å²) in [4.78, 5) is 16.7. The minimum atomic E-state index is -0.184. The van der Waals surface area contributed by atoms with Crippen molar-refractivity contribution in [2.75, 3.05) is 18.5 Å². The summed E-state index contributed by atoms with van der Waals surface area (Å²) in [7, 11) is 0. The number of nitrogens with one attached hydrogen (secondary N) is 2. The lowest BCUT2D eigenvalue weighted by molar-refractivity contribution is -0.119. The summed E-state index contributed by atoms with van der Waals surface area (Å²) in [6.07, 6.45) is 11.4. The van der Waals surface area contributed by atoms with Crippen LogP contribution in [-0.4, -0.2) is 35.2 Å². The summed E-state index contributed by atoms with van der Waals surface area (Å²) in [6.45, 7) is 0.883. The van der Waals surface area contributed by atoms with Crippen molar-refractivity contribution in [3.05, 3.63) is 23.9 Å². The number of piperidine rings is 1. The van der Waals surface area contributed by atoms with Crippen molar-refractivity contribution in [3.8, 4) is 0 Å². The molecule has 2 heterocycles. The van der Waals surface area contributed by atoms with E-state index in [0.717, 1.165) is 25.2 Å². The third-order valence-corrected chi connectivity index (χ3v) is 5.42. The Bertz CT molecular complexity index is 518. The highest BCUT2D eigenvalue weighted by atomic mass is 16.3. The molecule has 3 rings (SSSR count). The molecule has 2 fully saturated rings. The number of pyridine rings is 1. The maximum atomic E-state index is 12.3. The molecule has 0 bridgehead atoms. The number of anilines is 1. The third-order valence-electron chi connectivity index (χ3n) is 5.42. The number of carbonyl (C=O) groups is 1. The van der Waals surface area contributed by atoms with Crippen LogP contribution in [0.4, 0.5) is 5.82 Å². The number of aliphatic hydroxyl groups excluding tert-OH is 1. The van der Waals surface area contributed by atoms with Crippen LogP contribution < -0.4 is 10.6 Å². The summed E-state index contributed by atoms with van der Waals surface area (Å²) in [5.41, 5.74) is 1.27. The van der Waals surface area contributed by atoms with Crippen LogP contribution in [0.15, 0.2) is 18.3 Å². The average molecular weight is 331 g/mol. The van der Waals surface area contributed by atoms with Gasteiger partial charge in [0.2, 0.25) is 5.91 Å². The fourth-order valence-electron chi connectivity index (χ4n) is 3.85. The summed E-state index contributed by atoms with van der Waals surface area (Å²) in [5.74, 6) is 1.66. The summed E-state index contributed by atoms with van der Waals surface area (Å²) < 4.78 is 0. The Hall–Kier alpha value is -1.46. The predicted molar refractivity (Wildman–Crippen MR) is 94.7 cm³/mol. The van der Waals surface area contributed by atoms with Gasteiger partial charge in [-0.3, -0.25) is 4.79 Å². The second kappa shape index (κ2) is 8.58. The molecule has 1 saturated carbocycles. The van der Waals surface area contributed by atoms with Crippen molar-refractivity contribution in [3.63, 3.8) is 0 Å². The Labute approximate surface area is 144 Å². The molecule has 0 spiro atoms. The fraction of sp³-hybridized carbons (Fsp3) is 0.684. The molecule has 5 heteroatoms. The molecule has 3 N–H and O–H groups in total. The van der Waals surface area contributed by atoms with Gasteiger partial charge in [-0.15, -0.1) is 0 Å². The summed E-state index contributed by atoms with van der Waals surface area (Å²) in [6, 6.07) is 3.82. The highest BCUT2D eigenvalue weighted by molar-refractivity contribution is 5.94. The Morgan fingerprint density at radius 2 is 2.00 bits per heavy atom. The van der Waals surface area contributed by atoms with Crippen LogP contribution in [0.2, 0.25) is 0 Å². The van der Waals surface area contributed by atoms with Crippen LogP contribution in [0.1, 0.15) is 50.5 Å². The highest BCUT2D eigenvalue weighted by Crippen LogP contribution is 2.26. The van der Waals surface area contributed by atoms with E-state index in [1.54, 1.807) is 0 Å². The number of hydrogen-bond donors (Lipinski definition) is 3. The van der Waals surface area contributed by atoms with Crippen molar-refractivity contribution < 1.29 is 9.90 Å². The molecule has 2 unspecified atom stereocenters. The zero-order valence-corrected chi connectivity index (χ0v) is 14.3. The fourth-order valence-corrected chi connectivity index (χ4v) is 3.85. The largest absolute Gasteiger partial charge is 0.396 e.